The predicted molar refractivity (Wildman–Crippen MR) is 88.2 cm³/mol. The Morgan fingerprint density at radius 3 is 2.71 bits per heavy atom. The molecule has 124 valence electrons. The summed E-state index contributed by atoms with van der Waals surface area (Å²) in [6.07, 6.45) is 3.50. The van der Waals surface area contributed by atoms with Crippen molar-refractivity contribution in [2.45, 2.75) is 38.9 Å². The summed E-state index contributed by atoms with van der Waals surface area (Å²) in [5, 5.41) is 4.46. The van der Waals surface area contributed by atoms with Gasteiger partial charge in [-0.25, -0.2) is 4.68 Å². The Kier molecular flexibility index (Phi) is 3.59. The highest BCUT2D eigenvalue weighted by molar-refractivity contribution is 5.87. The lowest BCUT2D eigenvalue weighted by Crippen LogP contribution is -2.45. The van der Waals surface area contributed by atoms with Crippen molar-refractivity contribution in [1.29, 1.82) is 0 Å². The van der Waals surface area contributed by atoms with Gasteiger partial charge >= 0.3 is 0 Å². The zero-order valence-corrected chi connectivity index (χ0v) is 13.7. The minimum Gasteiger partial charge on any atom is -0.331 e. The normalized spacial score (nSPS) is 19.6. The molecule has 1 atom stereocenters. The molecule has 0 radical (unpaired) electrons. The van der Waals surface area contributed by atoms with E-state index in [1.54, 1.807) is 4.90 Å². The predicted octanol–water partition coefficient (Wildman–Crippen LogP) is 1.73. The fraction of sp³-hybridized carbons (Fsp3) is 0.389. The van der Waals surface area contributed by atoms with E-state index in [9.17, 15) is 9.59 Å². The topological polar surface area (TPSA) is 58.4 Å². The molecule has 0 spiro atoms. The molecular formula is C18H20N4O2. The van der Waals surface area contributed by atoms with Crippen LogP contribution in [0.2, 0.25) is 0 Å². The van der Waals surface area contributed by atoms with E-state index in [0.717, 1.165) is 29.8 Å². The number of hydrogen-bond donors (Lipinski definition) is 0. The minimum atomic E-state index is -0.301. The molecule has 2 aliphatic rings. The Balaban J connectivity index is 1.55. The van der Waals surface area contributed by atoms with Gasteiger partial charge in [0.05, 0.1) is 24.1 Å². The Hall–Kier alpha value is -2.63. The van der Waals surface area contributed by atoms with Crippen LogP contribution in [-0.2, 0) is 22.7 Å². The van der Waals surface area contributed by atoms with Gasteiger partial charge < -0.3 is 9.80 Å². The number of rotatable bonds is 2. The number of hydrogen-bond acceptors (Lipinski definition) is 3. The van der Waals surface area contributed by atoms with Crippen molar-refractivity contribution in [2.24, 2.45) is 0 Å². The summed E-state index contributed by atoms with van der Waals surface area (Å²) in [6, 6.07) is 9.64. The van der Waals surface area contributed by atoms with Crippen molar-refractivity contribution < 1.29 is 9.59 Å². The number of aromatic nitrogens is 2. The molecular weight excluding hydrogens is 304 g/mol. The lowest BCUT2D eigenvalue weighted by molar-refractivity contribution is -0.143. The van der Waals surface area contributed by atoms with Gasteiger partial charge in [-0.3, -0.25) is 9.59 Å². The van der Waals surface area contributed by atoms with Crippen molar-refractivity contribution in [1.82, 2.24) is 19.6 Å². The van der Waals surface area contributed by atoms with Crippen molar-refractivity contribution in [3.63, 3.8) is 0 Å². The first-order valence-electron chi connectivity index (χ1n) is 8.32. The van der Waals surface area contributed by atoms with Crippen LogP contribution in [-0.4, -0.2) is 44.0 Å². The maximum Gasteiger partial charge on any atom is 0.246 e. The van der Waals surface area contributed by atoms with Crippen LogP contribution in [0.3, 0.4) is 0 Å². The fourth-order valence-electron chi connectivity index (χ4n) is 3.71. The molecule has 1 aromatic heterocycles. The number of nitrogens with zero attached hydrogens (tertiary/aromatic N) is 4. The van der Waals surface area contributed by atoms with E-state index in [1.165, 1.54) is 6.92 Å². The molecule has 0 bridgehead atoms. The largest absolute Gasteiger partial charge is 0.331 e. The fourth-order valence-corrected chi connectivity index (χ4v) is 3.71. The maximum atomic E-state index is 12.9. The number of benzene rings is 1. The second kappa shape index (κ2) is 5.78. The van der Waals surface area contributed by atoms with Crippen molar-refractivity contribution in [3.8, 4) is 5.69 Å². The van der Waals surface area contributed by atoms with E-state index in [1.807, 2.05) is 46.1 Å². The molecule has 1 aromatic carbocycles. The molecule has 1 saturated heterocycles. The van der Waals surface area contributed by atoms with Gasteiger partial charge in [0.25, 0.3) is 0 Å². The number of carbonyl (C=O) groups is 2. The molecule has 6 nitrogen and oxygen atoms in total. The Morgan fingerprint density at radius 2 is 1.96 bits per heavy atom. The van der Waals surface area contributed by atoms with Gasteiger partial charge in [0.15, 0.2) is 0 Å². The van der Waals surface area contributed by atoms with Crippen LogP contribution >= 0.6 is 0 Å². The highest BCUT2D eigenvalue weighted by Gasteiger charge is 2.37. The molecule has 4 rings (SSSR count). The molecule has 1 fully saturated rings. The number of amides is 2. The Labute approximate surface area is 140 Å². The van der Waals surface area contributed by atoms with Gasteiger partial charge in [-0.1, -0.05) is 18.2 Å². The number of para-hydroxylation sites is 1. The van der Waals surface area contributed by atoms with E-state index in [0.29, 0.717) is 19.6 Å². The van der Waals surface area contributed by atoms with Crippen LogP contribution in [0.25, 0.3) is 5.69 Å². The van der Waals surface area contributed by atoms with Crippen LogP contribution in [0.4, 0.5) is 0 Å². The summed E-state index contributed by atoms with van der Waals surface area (Å²) >= 11 is 0. The first-order valence-corrected chi connectivity index (χ1v) is 8.32. The van der Waals surface area contributed by atoms with Gasteiger partial charge in [0.2, 0.25) is 11.8 Å². The maximum absolute atomic E-state index is 12.9. The summed E-state index contributed by atoms with van der Waals surface area (Å²) in [5.41, 5.74) is 3.14. The van der Waals surface area contributed by atoms with E-state index >= 15 is 0 Å². The first-order chi connectivity index (χ1) is 11.6. The second-order valence-corrected chi connectivity index (χ2v) is 6.43. The standard InChI is InChI=1S/C18H20N4O2/c1-13(23)21-9-5-8-16(21)18(24)20-11-14-10-19-22(17(14)12-20)15-6-3-2-4-7-15/h2-4,6-7,10,16H,5,8-9,11-12H2,1H3/t16-/m1/s1. The van der Waals surface area contributed by atoms with Gasteiger partial charge in [0, 0.05) is 25.6 Å². The third kappa shape index (κ3) is 2.38. The molecule has 0 aliphatic carbocycles. The third-order valence-electron chi connectivity index (χ3n) is 4.91. The Bertz CT molecular complexity index is 784. The summed E-state index contributed by atoms with van der Waals surface area (Å²) < 4.78 is 1.90. The van der Waals surface area contributed by atoms with Crippen LogP contribution in [0.5, 0.6) is 0 Å². The molecule has 6 heteroatoms. The molecule has 24 heavy (non-hydrogen) atoms. The average Bonchev–Trinajstić information content (AvgIpc) is 3.29. The van der Waals surface area contributed by atoms with E-state index in [-0.39, 0.29) is 17.9 Å². The molecule has 0 N–H and O–H groups in total. The highest BCUT2D eigenvalue weighted by Crippen LogP contribution is 2.28. The first kappa shape index (κ1) is 14.9. The zero-order chi connectivity index (χ0) is 16.7. The molecule has 0 unspecified atom stereocenters. The van der Waals surface area contributed by atoms with Gasteiger partial charge in [0.1, 0.15) is 6.04 Å². The van der Waals surface area contributed by atoms with Crippen molar-refractivity contribution in [3.05, 3.63) is 47.8 Å². The van der Waals surface area contributed by atoms with Gasteiger partial charge in [-0.15, -0.1) is 0 Å². The number of carbonyl (C=O) groups excluding carboxylic acids is 2. The van der Waals surface area contributed by atoms with Crippen LogP contribution in [0.15, 0.2) is 36.5 Å². The van der Waals surface area contributed by atoms with E-state index in [4.69, 9.17) is 0 Å². The average molecular weight is 324 g/mol. The van der Waals surface area contributed by atoms with Crippen LogP contribution in [0, 0.1) is 0 Å². The second-order valence-electron chi connectivity index (χ2n) is 6.43. The lowest BCUT2D eigenvalue weighted by atomic mass is 10.2. The number of likely N-dealkylation sites (tertiary alicyclic amines) is 1. The smallest absolute Gasteiger partial charge is 0.246 e. The van der Waals surface area contributed by atoms with Gasteiger partial charge in [-0.2, -0.15) is 5.10 Å². The molecule has 3 heterocycles. The van der Waals surface area contributed by atoms with E-state index < -0.39 is 0 Å². The molecule has 2 aromatic rings. The quantitative estimate of drug-likeness (QED) is 0.845. The summed E-state index contributed by atoms with van der Waals surface area (Å²) in [4.78, 5) is 28.2. The zero-order valence-electron chi connectivity index (χ0n) is 13.7. The summed E-state index contributed by atoms with van der Waals surface area (Å²) in [6.45, 7) is 3.34. The SMILES string of the molecule is CC(=O)N1CCC[C@@H]1C(=O)N1Cc2cnn(-c3ccccc3)c2C1. The Morgan fingerprint density at radius 1 is 1.17 bits per heavy atom. The van der Waals surface area contributed by atoms with Crippen molar-refractivity contribution >= 4 is 11.8 Å². The molecule has 0 saturated carbocycles. The monoisotopic (exact) mass is 324 g/mol. The summed E-state index contributed by atoms with van der Waals surface area (Å²) in [5.74, 6) is 0.0385. The molecule has 2 aliphatic heterocycles. The van der Waals surface area contributed by atoms with E-state index in [2.05, 4.69) is 5.10 Å². The van der Waals surface area contributed by atoms with Crippen LogP contribution in [0.1, 0.15) is 31.0 Å². The van der Waals surface area contributed by atoms with Crippen molar-refractivity contribution in [2.75, 3.05) is 6.54 Å². The third-order valence-corrected chi connectivity index (χ3v) is 4.91. The molecule has 2 amide bonds. The van der Waals surface area contributed by atoms with Crippen LogP contribution < -0.4 is 0 Å². The highest BCUT2D eigenvalue weighted by atomic mass is 16.2. The lowest BCUT2D eigenvalue weighted by Gasteiger charge is -2.27. The summed E-state index contributed by atoms with van der Waals surface area (Å²) in [7, 11) is 0. The number of fused-ring (bicyclic) bond motifs is 1. The minimum absolute atomic E-state index is 0.0157. The van der Waals surface area contributed by atoms with Gasteiger partial charge in [-0.05, 0) is 25.0 Å².